The Morgan fingerprint density at radius 2 is 1.82 bits per heavy atom. The minimum absolute atomic E-state index is 0.0602. The number of azo groups is 1. The van der Waals surface area contributed by atoms with Gasteiger partial charge in [-0.15, -0.1) is 0 Å². The van der Waals surface area contributed by atoms with Gasteiger partial charge in [-0.1, -0.05) is 36.4 Å². The summed E-state index contributed by atoms with van der Waals surface area (Å²) >= 11 is 0. The molecule has 1 aliphatic heterocycles. The Kier molecular flexibility index (Phi) is 5.74. The Bertz CT molecular complexity index is 1330. The van der Waals surface area contributed by atoms with Crippen LogP contribution in [0.15, 0.2) is 76.0 Å². The summed E-state index contributed by atoms with van der Waals surface area (Å²) in [5.41, 5.74) is 11.0. The summed E-state index contributed by atoms with van der Waals surface area (Å²) in [6, 6.07) is 16.9. The van der Waals surface area contributed by atoms with E-state index in [2.05, 4.69) is 15.3 Å². The van der Waals surface area contributed by atoms with Crippen molar-refractivity contribution in [1.82, 2.24) is 0 Å². The summed E-state index contributed by atoms with van der Waals surface area (Å²) in [7, 11) is 0. The second kappa shape index (κ2) is 8.66. The lowest BCUT2D eigenvalue weighted by Crippen LogP contribution is -2.29. The van der Waals surface area contributed by atoms with Crippen LogP contribution in [-0.2, 0) is 4.79 Å². The number of rotatable bonds is 5. The molecule has 0 saturated heterocycles. The van der Waals surface area contributed by atoms with Gasteiger partial charge in [0, 0.05) is 11.1 Å². The van der Waals surface area contributed by atoms with Crippen LogP contribution in [0.1, 0.15) is 23.6 Å². The van der Waals surface area contributed by atoms with Crippen molar-refractivity contribution in [2.75, 3.05) is 5.01 Å². The van der Waals surface area contributed by atoms with Gasteiger partial charge in [-0.2, -0.15) is 20.3 Å². The number of aromatic hydroxyl groups is 1. The zero-order valence-corrected chi connectivity index (χ0v) is 18.6. The zero-order chi connectivity index (χ0) is 23.7. The number of nitrogens with one attached hydrogen (secondary N) is 1. The highest BCUT2D eigenvalue weighted by molar-refractivity contribution is 6.18. The third-order valence-corrected chi connectivity index (χ3v) is 5.61. The molecule has 0 spiro atoms. The molecule has 4 rings (SSSR count). The SMILES string of the molecule is CC1=NN(c2ccc(C)c(C)c2)C(=O)C1N=Nc1cccc(-c2cccc(C(=N)N)c2)c1O. The first-order valence-electron chi connectivity index (χ1n) is 10.4. The zero-order valence-electron chi connectivity index (χ0n) is 18.6. The van der Waals surface area contributed by atoms with E-state index < -0.39 is 6.04 Å². The summed E-state index contributed by atoms with van der Waals surface area (Å²) in [5, 5.41) is 32.5. The van der Waals surface area contributed by atoms with E-state index in [0.717, 1.165) is 11.1 Å². The second-order valence-electron chi connectivity index (χ2n) is 7.95. The topological polar surface area (TPSA) is 127 Å². The van der Waals surface area contributed by atoms with E-state index >= 15 is 0 Å². The third kappa shape index (κ3) is 4.23. The van der Waals surface area contributed by atoms with Gasteiger partial charge >= 0.3 is 0 Å². The lowest BCUT2D eigenvalue weighted by atomic mass is 10.0. The number of nitrogen functional groups attached to an aromatic ring is 1. The molecule has 0 saturated carbocycles. The fraction of sp³-hybridized carbons (Fsp3) is 0.160. The minimum Gasteiger partial charge on any atom is -0.505 e. The second-order valence-corrected chi connectivity index (χ2v) is 7.95. The number of nitrogens with two attached hydrogens (primary N) is 1. The van der Waals surface area contributed by atoms with E-state index in [0.29, 0.717) is 28.1 Å². The molecule has 1 atom stereocenters. The van der Waals surface area contributed by atoms with Crippen molar-refractivity contribution in [3.8, 4) is 16.9 Å². The molecule has 4 N–H and O–H groups in total. The Balaban J connectivity index is 1.61. The maximum absolute atomic E-state index is 13.0. The van der Waals surface area contributed by atoms with Crippen LogP contribution < -0.4 is 10.7 Å². The number of carbonyl (C=O) groups is 1. The van der Waals surface area contributed by atoms with Gasteiger partial charge in [-0.25, -0.2) is 0 Å². The predicted octanol–water partition coefficient (Wildman–Crippen LogP) is 4.84. The number of phenolic OH excluding ortho intramolecular Hbond substituents is 1. The van der Waals surface area contributed by atoms with E-state index in [1.807, 2.05) is 32.0 Å². The standard InChI is InChI=1S/C25H24N6O2/c1-14-10-11-19(12-15(14)2)31-25(33)22(16(3)30-31)29-28-21-9-5-8-20(23(21)32)17-6-4-7-18(13-17)24(26)27/h4-13,22,32H,1-3H3,(H3,26,27). The molecule has 3 aromatic carbocycles. The van der Waals surface area contributed by atoms with Gasteiger partial charge in [-0.3, -0.25) is 10.2 Å². The average Bonchev–Trinajstić information content (AvgIpc) is 3.08. The predicted molar refractivity (Wildman–Crippen MR) is 129 cm³/mol. The number of amides is 1. The van der Waals surface area contributed by atoms with Gasteiger partial charge in [0.1, 0.15) is 11.5 Å². The number of hydrazone groups is 1. The van der Waals surface area contributed by atoms with Crippen molar-refractivity contribution < 1.29 is 9.90 Å². The smallest absolute Gasteiger partial charge is 0.280 e. The van der Waals surface area contributed by atoms with Gasteiger partial charge in [0.15, 0.2) is 11.8 Å². The molecule has 0 aromatic heterocycles. The Morgan fingerprint density at radius 3 is 2.55 bits per heavy atom. The lowest BCUT2D eigenvalue weighted by molar-refractivity contribution is -0.117. The molecule has 1 aliphatic rings. The van der Waals surface area contributed by atoms with Crippen molar-refractivity contribution in [2.24, 2.45) is 21.1 Å². The first kappa shape index (κ1) is 21.9. The third-order valence-electron chi connectivity index (χ3n) is 5.61. The number of hydrogen-bond acceptors (Lipinski definition) is 6. The number of benzene rings is 3. The lowest BCUT2D eigenvalue weighted by Gasteiger charge is -2.14. The van der Waals surface area contributed by atoms with Gasteiger partial charge in [0.25, 0.3) is 5.91 Å². The highest BCUT2D eigenvalue weighted by Crippen LogP contribution is 2.38. The van der Waals surface area contributed by atoms with Crippen LogP contribution in [0.4, 0.5) is 11.4 Å². The summed E-state index contributed by atoms with van der Waals surface area (Å²) in [6.45, 7) is 5.72. The van der Waals surface area contributed by atoms with Crippen LogP contribution in [0.25, 0.3) is 11.1 Å². The van der Waals surface area contributed by atoms with E-state index in [1.54, 1.807) is 49.4 Å². The van der Waals surface area contributed by atoms with Gasteiger partial charge in [0.2, 0.25) is 0 Å². The largest absolute Gasteiger partial charge is 0.505 e. The van der Waals surface area contributed by atoms with E-state index in [1.165, 1.54) is 5.01 Å². The summed E-state index contributed by atoms with van der Waals surface area (Å²) in [5.74, 6) is -0.438. The van der Waals surface area contributed by atoms with Gasteiger partial charge in [-0.05, 0) is 61.7 Å². The fourth-order valence-corrected chi connectivity index (χ4v) is 3.55. The Hall–Kier alpha value is -4.33. The number of anilines is 1. The van der Waals surface area contributed by atoms with Gasteiger partial charge in [0.05, 0.1) is 11.4 Å². The van der Waals surface area contributed by atoms with Crippen molar-refractivity contribution in [3.63, 3.8) is 0 Å². The number of aryl methyl sites for hydroxylation is 2. The molecule has 0 radical (unpaired) electrons. The van der Waals surface area contributed by atoms with E-state index in [9.17, 15) is 9.90 Å². The van der Waals surface area contributed by atoms with Crippen LogP contribution in [0.3, 0.4) is 0 Å². The summed E-state index contributed by atoms with van der Waals surface area (Å²) < 4.78 is 0. The summed E-state index contributed by atoms with van der Waals surface area (Å²) in [6.07, 6.45) is 0. The minimum atomic E-state index is -0.865. The van der Waals surface area contributed by atoms with E-state index in [4.69, 9.17) is 11.1 Å². The molecule has 8 heteroatoms. The van der Waals surface area contributed by atoms with Crippen molar-refractivity contribution in [1.29, 1.82) is 5.41 Å². The number of nitrogens with zero attached hydrogens (tertiary/aromatic N) is 4. The van der Waals surface area contributed by atoms with Crippen LogP contribution in [0.5, 0.6) is 5.75 Å². The quantitative estimate of drug-likeness (QED) is 0.298. The first-order chi connectivity index (χ1) is 15.8. The summed E-state index contributed by atoms with van der Waals surface area (Å²) in [4.78, 5) is 13.0. The molecule has 166 valence electrons. The number of carbonyl (C=O) groups excluding carboxylic acids is 1. The van der Waals surface area contributed by atoms with Crippen molar-refractivity contribution in [3.05, 3.63) is 77.4 Å². The van der Waals surface area contributed by atoms with E-state index in [-0.39, 0.29) is 23.2 Å². The highest BCUT2D eigenvalue weighted by atomic mass is 16.3. The number of hydrogen-bond donors (Lipinski definition) is 3. The molecule has 0 bridgehead atoms. The molecular formula is C25H24N6O2. The molecule has 1 amide bonds. The van der Waals surface area contributed by atoms with Crippen molar-refractivity contribution in [2.45, 2.75) is 26.8 Å². The Morgan fingerprint density at radius 1 is 1.06 bits per heavy atom. The van der Waals surface area contributed by atoms with Gasteiger partial charge < -0.3 is 10.8 Å². The molecule has 33 heavy (non-hydrogen) atoms. The van der Waals surface area contributed by atoms with Crippen LogP contribution in [0.2, 0.25) is 0 Å². The highest BCUT2D eigenvalue weighted by Gasteiger charge is 2.35. The fourth-order valence-electron chi connectivity index (χ4n) is 3.55. The monoisotopic (exact) mass is 440 g/mol. The Labute approximate surface area is 191 Å². The molecular weight excluding hydrogens is 416 g/mol. The molecule has 1 heterocycles. The maximum Gasteiger partial charge on any atom is 0.280 e. The first-order valence-corrected chi connectivity index (χ1v) is 10.4. The number of amidine groups is 1. The van der Waals surface area contributed by atoms with Crippen LogP contribution in [-0.4, -0.2) is 28.6 Å². The molecule has 8 nitrogen and oxygen atoms in total. The average molecular weight is 441 g/mol. The maximum atomic E-state index is 13.0. The number of phenols is 1. The number of para-hydroxylation sites is 1. The molecule has 1 unspecified atom stereocenters. The molecule has 0 fully saturated rings. The molecule has 0 aliphatic carbocycles. The van der Waals surface area contributed by atoms with Crippen molar-refractivity contribution >= 4 is 28.8 Å². The normalized spacial score (nSPS) is 15.8. The molecule has 3 aromatic rings. The van der Waals surface area contributed by atoms with Crippen LogP contribution in [0, 0.1) is 19.3 Å². The van der Waals surface area contributed by atoms with Crippen LogP contribution >= 0.6 is 0 Å².